The standard InChI is InChI=1S/C22H26BrN3O4S/c1-14(2)13-30-19-9-8-15(12-17(19)23)20(28)26-22(31)25-18-7-4-3-6-16(18)21(29)24-10-5-11-27/h3-4,6-9,12,14,27H,5,10-11,13H2,1-2H3,(H,24,29)(H2,25,26,28,31). The lowest BCUT2D eigenvalue weighted by Gasteiger charge is -2.14. The van der Waals surface area contributed by atoms with E-state index in [1.807, 2.05) is 0 Å². The normalized spacial score (nSPS) is 10.5. The Labute approximate surface area is 195 Å². The van der Waals surface area contributed by atoms with Crippen LogP contribution in [0.3, 0.4) is 0 Å². The number of hydrogen-bond acceptors (Lipinski definition) is 5. The maximum atomic E-state index is 12.6. The zero-order valence-corrected chi connectivity index (χ0v) is 19.8. The number of amides is 2. The predicted octanol–water partition coefficient (Wildman–Crippen LogP) is 3.72. The molecule has 0 heterocycles. The number of aliphatic hydroxyl groups excluding tert-OH is 1. The zero-order chi connectivity index (χ0) is 22.8. The number of para-hydroxylation sites is 1. The lowest BCUT2D eigenvalue weighted by atomic mass is 10.1. The van der Waals surface area contributed by atoms with Gasteiger partial charge in [0.2, 0.25) is 0 Å². The van der Waals surface area contributed by atoms with Gasteiger partial charge >= 0.3 is 0 Å². The van der Waals surface area contributed by atoms with E-state index in [9.17, 15) is 9.59 Å². The average Bonchev–Trinajstić information content (AvgIpc) is 2.73. The molecule has 0 aliphatic carbocycles. The number of carbonyl (C=O) groups is 2. The van der Waals surface area contributed by atoms with Crippen molar-refractivity contribution in [1.29, 1.82) is 0 Å². The molecule has 2 aromatic carbocycles. The second kappa shape index (κ2) is 12.4. The lowest BCUT2D eigenvalue weighted by Crippen LogP contribution is -2.35. The quantitative estimate of drug-likeness (QED) is 0.305. The van der Waals surface area contributed by atoms with Crippen LogP contribution in [-0.2, 0) is 0 Å². The molecule has 0 radical (unpaired) electrons. The Morgan fingerprint density at radius 3 is 2.58 bits per heavy atom. The minimum absolute atomic E-state index is 0.00274. The Morgan fingerprint density at radius 2 is 1.90 bits per heavy atom. The third kappa shape index (κ3) is 7.93. The summed E-state index contributed by atoms with van der Waals surface area (Å²) in [6.45, 7) is 5.04. The maximum Gasteiger partial charge on any atom is 0.257 e. The topological polar surface area (TPSA) is 99.7 Å². The molecule has 0 spiro atoms. The minimum atomic E-state index is -0.390. The number of carbonyl (C=O) groups excluding carboxylic acids is 2. The number of thiocarbonyl (C=S) groups is 1. The van der Waals surface area contributed by atoms with Crippen molar-refractivity contribution in [3.8, 4) is 5.75 Å². The van der Waals surface area contributed by atoms with Gasteiger partial charge in [-0.3, -0.25) is 14.9 Å². The first-order chi connectivity index (χ1) is 14.8. The lowest BCUT2D eigenvalue weighted by molar-refractivity contribution is 0.0950. The molecule has 0 aliphatic rings. The molecule has 0 unspecified atom stereocenters. The monoisotopic (exact) mass is 507 g/mol. The molecule has 2 rings (SSSR count). The molecular weight excluding hydrogens is 482 g/mol. The van der Waals surface area contributed by atoms with E-state index < -0.39 is 5.91 Å². The molecule has 2 aromatic rings. The molecule has 0 bridgehead atoms. The zero-order valence-electron chi connectivity index (χ0n) is 17.4. The van der Waals surface area contributed by atoms with Gasteiger partial charge in [-0.25, -0.2) is 0 Å². The highest BCUT2D eigenvalue weighted by Crippen LogP contribution is 2.26. The van der Waals surface area contributed by atoms with E-state index in [1.165, 1.54) is 0 Å². The van der Waals surface area contributed by atoms with Crippen molar-refractivity contribution >= 4 is 50.8 Å². The van der Waals surface area contributed by atoms with Gasteiger partial charge in [0.25, 0.3) is 11.8 Å². The van der Waals surface area contributed by atoms with Gasteiger partial charge in [0.1, 0.15) is 5.75 Å². The van der Waals surface area contributed by atoms with Crippen molar-refractivity contribution < 1.29 is 19.4 Å². The molecular formula is C22H26BrN3O4S. The van der Waals surface area contributed by atoms with E-state index >= 15 is 0 Å². The largest absolute Gasteiger partial charge is 0.492 e. The van der Waals surface area contributed by atoms with Crippen LogP contribution in [0.15, 0.2) is 46.9 Å². The minimum Gasteiger partial charge on any atom is -0.492 e. The smallest absolute Gasteiger partial charge is 0.257 e. The Bertz CT molecular complexity index is 937. The SMILES string of the molecule is CC(C)COc1ccc(C(=O)NC(=S)Nc2ccccc2C(=O)NCCCO)cc1Br. The highest BCUT2D eigenvalue weighted by atomic mass is 79.9. The number of nitrogens with one attached hydrogen (secondary N) is 3. The van der Waals surface area contributed by atoms with Gasteiger partial charge < -0.3 is 20.5 Å². The molecule has 4 N–H and O–H groups in total. The number of rotatable bonds is 9. The first-order valence-corrected chi connectivity index (χ1v) is 11.0. The fraction of sp³-hybridized carbons (Fsp3) is 0.318. The molecule has 2 amide bonds. The van der Waals surface area contributed by atoms with E-state index in [1.54, 1.807) is 42.5 Å². The molecule has 0 saturated heterocycles. The fourth-order valence-corrected chi connectivity index (χ4v) is 3.21. The van der Waals surface area contributed by atoms with Crippen LogP contribution >= 0.6 is 28.1 Å². The van der Waals surface area contributed by atoms with Crippen molar-refractivity contribution in [1.82, 2.24) is 10.6 Å². The second-order valence-electron chi connectivity index (χ2n) is 7.14. The molecule has 9 heteroatoms. The molecule has 0 aromatic heterocycles. The molecule has 31 heavy (non-hydrogen) atoms. The molecule has 0 fully saturated rings. The van der Waals surface area contributed by atoms with Crippen LogP contribution in [0.5, 0.6) is 5.75 Å². The van der Waals surface area contributed by atoms with Crippen molar-refractivity contribution in [3.05, 3.63) is 58.1 Å². The number of aliphatic hydroxyl groups is 1. The highest BCUT2D eigenvalue weighted by molar-refractivity contribution is 9.10. The van der Waals surface area contributed by atoms with E-state index in [4.69, 9.17) is 22.1 Å². The van der Waals surface area contributed by atoms with Crippen LogP contribution in [0, 0.1) is 5.92 Å². The highest BCUT2D eigenvalue weighted by Gasteiger charge is 2.14. The summed E-state index contributed by atoms with van der Waals surface area (Å²) in [7, 11) is 0. The van der Waals surface area contributed by atoms with Gasteiger partial charge in [-0.1, -0.05) is 26.0 Å². The Balaban J connectivity index is 2.01. The van der Waals surface area contributed by atoms with E-state index in [0.717, 1.165) is 0 Å². The number of halogens is 1. The van der Waals surface area contributed by atoms with Crippen molar-refractivity contribution in [3.63, 3.8) is 0 Å². The first-order valence-electron chi connectivity index (χ1n) is 9.84. The first kappa shape index (κ1) is 24.8. The van der Waals surface area contributed by atoms with Gasteiger partial charge in [0.15, 0.2) is 5.11 Å². The summed E-state index contributed by atoms with van der Waals surface area (Å²) in [5, 5.41) is 17.1. The van der Waals surface area contributed by atoms with Crippen molar-refractivity contribution in [2.24, 2.45) is 5.92 Å². The van der Waals surface area contributed by atoms with E-state index in [2.05, 4.69) is 45.7 Å². The maximum absolute atomic E-state index is 12.6. The van der Waals surface area contributed by atoms with Gasteiger partial charge in [-0.05, 0) is 70.8 Å². The van der Waals surface area contributed by atoms with E-state index in [-0.39, 0.29) is 17.6 Å². The van der Waals surface area contributed by atoms with Crippen LogP contribution in [0.4, 0.5) is 5.69 Å². The predicted molar refractivity (Wildman–Crippen MR) is 129 cm³/mol. The molecule has 166 valence electrons. The van der Waals surface area contributed by atoms with Crippen LogP contribution in [-0.4, -0.2) is 41.8 Å². The van der Waals surface area contributed by atoms with E-state index in [0.29, 0.717) is 52.5 Å². The Kier molecular flexibility index (Phi) is 9.90. The van der Waals surface area contributed by atoms with Gasteiger partial charge in [0, 0.05) is 18.7 Å². The average molecular weight is 508 g/mol. The number of anilines is 1. The van der Waals surface area contributed by atoms with Gasteiger partial charge in [-0.15, -0.1) is 0 Å². The summed E-state index contributed by atoms with van der Waals surface area (Å²) in [6.07, 6.45) is 0.465. The molecule has 0 saturated carbocycles. The fourth-order valence-electron chi connectivity index (χ4n) is 2.51. The number of hydrogen-bond donors (Lipinski definition) is 4. The molecule has 0 atom stereocenters. The summed E-state index contributed by atoms with van der Waals surface area (Å²) in [5.41, 5.74) is 1.25. The summed E-state index contributed by atoms with van der Waals surface area (Å²) in [6, 6.07) is 11.9. The molecule has 0 aliphatic heterocycles. The number of ether oxygens (including phenoxy) is 1. The number of benzene rings is 2. The van der Waals surface area contributed by atoms with Crippen LogP contribution in [0.2, 0.25) is 0 Å². The third-order valence-corrected chi connectivity index (χ3v) is 4.86. The van der Waals surface area contributed by atoms with Crippen LogP contribution in [0.1, 0.15) is 41.0 Å². The van der Waals surface area contributed by atoms with Gasteiger partial charge in [0.05, 0.1) is 22.3 Å². The molecule has 7 nitrogen and oxygen atoms in total. The van der Waals surface area contributed by atoms with Gasteiger partial charge in [-0.2, -0.15) is 0 Å². The van der Waals surface area contributed by atoms with Crippen LogP contribution in [0.25, 0.3) is 0 Å². The van der Waals surface area contributed by atoms with Crippen molar-refractivity contribution in [2.45, 2.75) is 20.3 Å². The summed E-state index contributed by atoms with van der Waals surface area (Å²) < 4.78 is 6.37. The third-order valence-electron chi connectivity index (χ3n) is 4.03. The van der Waals surface area contributed by atoms with Crippen LogP contribution < -0.4 is 20.7 Å². The summed E-state index contributed by atoms with van der Waals surface area (Å²) >= 11 is 8.67. The second-order valence-corrected chi connectivity index (χ2v) is 8.40. The Morgan fingerprint density at radius 1 is 1.16 bits per heavy atom. The summed E-state index contributed by atoms with van der Waals surface area (Å²) in [4.78, 5) is 24.9. The van der Waals surface area contributed by atoms with Crippen molar-refractivity contribution in [2.75, 3.05) is 25.1 Å². The Hall–Kier alpha value is -2.49. The summed E-state index contributed by atoms with van der Waals surface area (Å²) in [5.74, 6) is 0.357.